The molecule has 3 rings (SSSR count). The van der Waals surface area contributed by atoms with Crippen LogP contribution in [-0.4, -0.2) is 33.5 Å². The summed E-state index contributed by atoms with van der Waals surface area (Å²) >= 11 is 5.84. The van der Waals surface area contributed by atoms with Crippen molar-refractivity contribution in [2.45, 2.75) is 4.90 Å². The number of carbonyl (C=O) groups excluding carboxylic acids is 1. The first-order valence-corrected chi connectivity index (χ1v) is 11.1. The van der Waals surface area contributed by atoms with E-state index >= 15 is 0 Å². The zero-order valence-electron chi connectivity index (χ0n) is 17.4. The molecule has 0 aliphatic rings. The van der Waals surface area contributed by atoms with Gasteiger partial charge in [-0.25, -0.2) is 8.42 Å². The number of ether oxygens (including phenoxy) is 2. The molecule has 0 saturated carbocycles. The molecule has 0 spiro atoms. The Labute approximate surface area is 194 Å². The number of carbonyl (C=O) groups is 1. The average Bonchev–Trinajstić information content (AvgIpc) is 2.79. The van der Waals surface area contributed by atoms with Crippen LogP contribution in [-0.2, 0) is 10.0 Å². The van der Waals surface area contributed by atoms with Crippen LogP contribution in [0, 0.1) is 10.1 Å². The molecule has 3 aromatic carbocycles. The monoisotopic (exact) mass is 491 g/mol. The SMILES string of the molecule is COc1ccc(NC(=O)c2ccccc2NS(=O)(=O)c2ccc([N+](=O)[O-])c(Cl)c2)c(OC)c1. The van der Waals surface area contributed by atoms with E-state index in [4.69, 9.17) is 21.1 Å². The summed E-state index contributed by atoms with van der Waals surface area (Å²) in [6.07, 6.45) is 0. The van der Waals surface area contributed by atoms with E-state index in [-0.39, 0.29) is 21.2 Å². The Balaban J connectivity index is 1.90. The van der Waals surface area contributed by atoms with Gasteiger partial charge in [-0.1, -0.05) is 23.7 Å². The predicted octanol–water partition coefficient (Wildman–Crippen LogP) is 4.32. The second-order valence-electron chi connectivity index (χ2n) is 6.54. The van der Waals surface area contributed by atoms with E-state index in [1.54, 1.807) is 30.3 Å². The summed E-state index contributed by atoms with van der Waals surface area (Å²) in [7, 11) is -1.28. The topological polar surface area (TPSA) is 137 Å². The van der Waals surface area contributed by atoms with E-state index < -0.39 is 26.5 Å². The van der Waals surface area contributed by atoms with E-state index in [0.717, 1.165) is 18.2 Å². The third kappa shape index (κ3) is 5.33. The van der Waals surface area contributed by atoms with Crippen molar-refractivity contribution in [1.29, 1.82) is 0 Å². The Hall–Kier alpha value is -3.83. The highest BCUT2D eigenvalue weighted by molar-refractivity contribution is 7.92. The lowest BCUT2D eigenvalue weighted by Gasteiger charge is -2.15. The molecule has 0 aliphatic carbocycles. The van der Waals surface area contributed by atoms with Gasteiger partial charge in [-0.3, -0.25) is 19.6 Å². The maximum atomic E-state index is 12.9. The first-order chi connectivity index (χ1) is 15.7. The third-order valence-corrected chi connectivity index (χ3v) is 6.16. The number of hydrogen-bond acceptors (Lipinski definition) is 7. The van der Waals surface area contributed by atoms with E-state index in [9.17, 15) is 23.3 Å². The lowest BCUT2D eigenvalue weighted by Crippen LogP contribution is -2.19. The summed E-state index contributed by atoms with van der Waals surface area (Å²) in [5, 5.41) is 13.3. The minimum atomic E-state index is -4.21. The maximum absolute atomic E-state index is 12.9. The fourth-order valence-corrected chi connectivity index (χ4v) is 4.29. The van der Waals surface area contributed by atoms with Gasteiger partial charge in [0.25, 0.3) is 21.6 Å². The number of amides is 1. The number of halogens is 1. The van der Waals surface area contributed by atoms with Gasteiger partial charge < -0.3 is 14.8 Å². The molecule has 12 heteroatoms. The van der Waals surface area contributed by atoms with E-state index in [1.807, 2.05) is 0 Å². The van der Waals surface area contributed by atoms with E-state index in [0.29, 0.717) is 17.2 Å². The van der Waals surface area contributed by atoms with Crippen LogP contribution in [0.5, 0.6) is 11.5 Å². The van der Waals surface area contributed by atoms with Crippen molar-refractivity contribution in [2.75, 3.05) is 24.3 Å². The molecule has 0 aromatic heterocycles. The number of benzene rings is 3. The van der Waals surface area contributed by atoms with Crippen LogP contribution in [0.4, 0.5) is 17.1 Å². The van der Waals surface area contributed by atoms with Crippen molar-refractivity contribution >= 4 is 44.6 Å². The highest BCUT2D eigenvalue weighted by Crippen LogP contribution is 2.31. The summed E-state index contributed by atoms with van der Waals surface area (Å²) in [6, 6.07) is 13.8. The van der Waals surface area contributed by atoms with Gasteiger partial charge in [0.1, 0.15) is 16.5 Å². The average molecular weight is 492 g/mol. The molecule has 0 aliphatic heterocycles. The molecular formula is C21H18ClN3O7S. The van der Waals surface area contributed by atoms with Crippen LogP contribution >= 0.6 is 11.6 Å². The summed E-state index contributed by atoms with van der Waals surface area (Å²) < 4.78 is 38.4. The molecular weight excluding hydrogens is 474 g/mol. The molecule has 33 heavy (non-hydrogen) atoms. The summed E-state index contributed by atoms with van der Waals surface area (Å²) in [6.45, 7) is 0. The van der Waals surface area contributed by atoms with Crippen molar-refractivity contribution in [2.24, 2.45) is 0 Å². The largest absolute Gasteiger partial charge is 0.497 e. The summed E-state index contributed by atoms with van der Waals surface area (Å²) in [5.41, 5.74) is -0.0455. The van der Waals surface area contributed by atoms with Gasteiger partial charge >= 0.3 is 0 Å². The van der Waals surface area contributed by atoms with Gasteiger partial charge in [0, 0.05) is 12.1 Å². The molecule has 2 N–H and O–H groups in total. The summed E-state index contributed by atoms with van der Waals surface area (Å²) in [5.74, 6) is 0.277. The van der Waals surface area contributed by atoms with Gasteiger partial charge in [0.2, 0.25) is 0 Å². The van der Waals surface area contributed by atoms with Crippen LogP contribution in [0.15, 0.2) is 65.6 Å². The standard InChI is InChI=1S/C21H18ClN3O7S/c1-31-13-7-9-18(20(11-13)32-2)23-21(26)15-5-3-4-6-17(15)24-33(29,30)14-8-10-19(25(27)28)16(22)12-14/h3-12,24H,1-2H3,(H,23,26). The Bertz CT molecular complexity index is 1330. The molecule has 0 saturated heterocycles. The van der Waals surface area contributed by atoms with E-state index in [2.05, 4.69) is 10.0 Å². The first kappa shape index (κ1) is 23.8. The number of para-hydroxylation sites is 1. The van der Waals surface area contributed by atoms with Crippen LogP contribution in [0.25, 0.3) is 0 Å². The molecule has 0 atom stereocenters. The van der Waals surface area contributed by atoms with Crippen LogP contribution in [0.3, 0.4) is 0 Å². The fraction of sp³-hybridized carbons (Fsp3) is 0.0952. The Morgan fingerprint density at radius 1 is 1.00 bits per heavy atom. The Morgan fingerprint density at radius 2 is 1.73 bits per heavy atom. The van der Waals surface area contributed by atoms with Crippen LogP contribution in [0.2, 0.25) is 5.02 Å². The highest BCUT2D eigenvalue weighted by Gasteiger charge is 2.22. The predicted molar refractivity (Wildman–Crippen MR) is 123 cm³/mol. The van der Waals surface area contributed by atoms with Crippen molar-refractivity contribution in [3.05, 3.63) is 81.4 Å². The third-order valence-electron chi connectivity index (χ3n) is 4.50. The van der Waals surface area contributed by atoms with Gasteiger partial charge in [-0.15, -0.1) is 0 Å². The molecule has 0 heterocycles. The second kappa shape index (κ2) is 9.76. The molecule has 0 bridgehead atoms. The van der Waals surface area contributed by atoms with Crippen molar-refractivity contribution in [3.8, 4) is 11.5 Å². The highest BCUT2D eigenvalue weighted by atomic mass is 35.5. The molecule has 1 amide bonds. The molecule has 0 radical (unpaired) electrons. The van der Waals surface area contributed by atoms with Crippen molar-refractivity contribution in [1.82, 2.24) is 0 Å². The number of nitrogens with one attached hydrogen (secondary N) is 2. The Morgan fingerprint density at radius 3 is 2.36 bits per heavy atom. The van der Waals surface area contributed by atoms with Crippen molar-refractivity contribution < 1.29 is 27.6 Å². The first-order valence-electron chi connectivity index (χ1n) is 9.25. The molecule has 0 unspecified atom stereocenters. The van der Waals surface area contributed by atoms with Crippen LogP contribution < -0.4 is 19.5 Å². The molecule has 3 aromatic rings. The number of nitro groups is 1. The maximum Gasteiger partial charge on any atom is 0.287 e. The number of rotatable bonds is 8. The van der Waals surface area contributed by atoms with Gasteiger partial charge in [-0.05, 0) is 36.4 Å². The number of methoxy groups -OCH3 is 2. The lowest BCUT2D eigenvalue weighted by atomic mass is 10.1. The zero-order valence-corrected chi connectivity index (χ0v) is 18.9. The molecule has 0 fully saturated rings. The van der Waals surface area contributed by atoms with Crippen LogP contribution in [0.1, 0.15) is 10.4 Å². The van der Waals surface area contributed by atoms with Gasteiger partial charge in [0.15, 0.2) is 0 Å². The minimum absolute atomic E-state index is 0.00282. The smallest absolute Gasteiger partial charge is 0.287 e. The quantitative estimate of drug-likeness (QED) is 0.353. The number of anilines is 2. The molecule has 172 valence electrons. The normalized spacial score (nSPS) is 10.9. The Kier molecular flexibility index (Phi) is 7.04. The lowest BCUT2D eigenvalue weighted by molar-refractivity contribution is -0.384. The fourth-order valence-electron chi connectivity index (χ4n) is 2.87. The van der Waals surface area contributed by atoms with Gasteiger partial charge in [-0.2, -0.15) is 0 Å². The van der Waals surface area contributed by atoms with Crippen molar-refractivity contribution in [3.63, 3.8) is 0 Å². The summed E-state index contributed by atoms with van der Waals surface area (Å²) in [4.78, 5) is 22.8. The number of nitro benzene ring substituents is 1. The van der Waals surface area contributed by atoms with Gasteiger partial charge in [0.05, 0.1) is 41.0 Å². The zero-order chi connectivity index (χ0) is 24.2. The minimum Gasteiger partial charge on any atom is -0.497 e. The number of sulfonamides is 1. The van der Waals surface area contributed by atoms with E-state index in [1.165, 1.54) is 26.4 Å². The number of nitrogens with zero attached hydrogens (tertiary/aromatic N) is 1. The number of hydrogen-bond donors (Lipinski definition) is 2. The second-order valence-corrected chi connectivity index (χ2v) is 8.63. The molecule has 10 nitrogen and oxygen atoms in total.